The van der Waals surface area contributed by atoms with E-state index in [1.165, 1.54) is 12.1 Å². The predicted octanol–water partition coefficient (Wildman–Crippen LogP) is 3.70. The van der Waals surface area contributed by atoms with E-state index in [4.69, 9.17) is 10.2 Å². The number of benzene rings is 1. The average Bonchev–Trinajstić information content (AvgIpc) is 2.75. The van der Waals surface area contributed by atoms with Crippen LogP contribution in [0.3, 0.4) is 0 Å². The standard InChI is InChI=1S/C15H19FN2O/c1-10-4-7-14(19-10)15(2,3)9-18-13-6-5-11(16)8-12(13)17/h4-8,18H,9,17H2,1-3H3. The molecule has 1 aromatic heterocycles. The first kappa shape index (κ1) is 13.5. The van der Waals surface area contributed by atoms with Gasteiger partial charge in [0, 0.05) is 12.0 Å². The Morgan fingerprint density at radius 3 is 2.58 bits per heavy atom. The summed E-state index contributed by atoms with van der Waals surface area (Å²) in [6.07, 6.45) is 0. The number of anilines is 2. The van der Waals surface area contributed by atoms with Crippen molar-refractivity contribution in [3.8, 4) is 0 Å². The fraction of sp³-hybridized carbons (Fsp3) is 0.333. The number of hydrogen-bond donors (Lipinski definition) is 2. The van der Waals surface area contributed by atoms with Crippen LogP contribution in [0.4, 0.5) is 15.8 Å². The molecule has 0 unspecified atom stereocenters. The monoisotopic (exact) mass is 262 g/mol. The van der Waals surface area contributed by atoms with Gasteiger partial charge in [0.2, 0.25) is 0 Å². The summed E-state index contributed by atoms with van der Waals surface area (Å²) in [4.78, 5) is 0. The molecule has 0 aliphatic carbocycles. The predicted molar refractivity (Wildman–Crippen MR) is 75.8 cm³/mol. The molecule has 1 heterocycles. The normalized spacial score (nSPS) is 11.6. The largest absolute Gasteiger partial charge is 0.466 e. The zero-order valence-electron chi connectivity index (χ0n) is 11.5. The zero-order valence-corrected chi connectivity index (χ0v) is 11.5. The maximum Gasteiger partial charge on any atom is 0.125 e. The van der Waals surface area contributed by atoms with Crippen LogP contribution in [-0.4, -0.2) is 6.54 Å². The van der Waals surface area contributed by atoms with Crippen molar-refractivity contribution in [2.75, 3.05) is 17.6 Å². The van der Waals surface area contributed by atoms with E-state index in [1.807, 2.05) is 19.1 Å². The minimum Gasteiger partial charge on any atom is -0.466 e. The van der Waals surface area contributed by atoms with Gasteiger partial charge in [0.1, 0.15) is 17.3 Å². The highest BCUT2D eigenvalue weighted by molar-refractivity contribution is 5.66. The van der Waals surface area contributed by atoms with Crippen LogP contribution in [0.2, 0.25) is 0 Å². The van der Waals surface area contributed by atoms with Gasteiger partial charge in [0.25, 0.3) is 0 Å². The molecule has 0 radical (unpaired) electrons. The van der Waals surface area contributed by atoms with Crippen LogP contribution in [0.5, 0.6) is 0 Å². The third-order valence-corrected chi connectivity index (χ3v) is 3.14. The molecule has 0 fully saturated rings. The second kappa shape index (κ2) is 4.96. The summed E-state index contributed by atoms with van der Waals surface area (Å²) in [5.41, 5.74) is 6.74. The van der Waals surface area contributed by atoms with Gasteiger partial charge in [-0.3, -0.25) is 0 Å². The number of furan rings is 1. The van der Waals surface area contributed by atoms with Gasteiger partial charge in [0.15, 0.2) is 0 Å². The van der Waals surface area contributed by atoms with E-state index in [-0.39, 0.29) is 11.2 Å². The molecule has 0 spiro atoms. The second-order valence-electron chi connectivity index (χ2n) is 5.38. The quantitative estimate of drug-likeness (QED) is 0.826. The molecule has 0 atom stereocenters. The topological polar surface area (TPSA) is 51.2 Å². The van der Waals surface area contributed by atoms with Crippen LogP contribution in [0.1, 0.15) is 25.4 Å². The van der Waals surface area contributed by atoms with Crippen molar-refractivity contribution in [1.29, 1.82) is 0 Å². The highest BCUT2D eigenvalue weighted by atomic mass is 19.1. The number of nitrogens with one attached hydrogen (secondary N) is 1. The molecule has 2 rings (SSSR count). The summed E-state index contributed by atoms with van der Waals surface area (Å²) in [6.45, 7) is 6.73. The number of nitrogens with two attached hydrogens (primary N) is 1. The van der Waals surface area contributed by atoms with Gasteiger partial charge in [-0.25, -0.2) is 4.39 Å². The van der Waals surface area contributed by atoms with Crippen molar-refractivity contribution in [3.05, 3.63) is 47.7 Å². The van der Waals surface area contributed by atoms with Gasteiger partial charge < -0.3 is 15.5 Å². The Bertz CT molecular complexity index is 575. The van der Waals surface area contributed by atoms with E-state index in [1.54, 1.807) is 6.07 Å². The van der Waals surface area contributed by atoms with Crippen LogP contribution >= 0.6 is 0 Å². The lowest BCUT2D eigenvalue weighted by atomic mass is 9.90. The maximum absolute atomic E-state index is 13.0. The molecule has 0 saturated carbocycles. The Morgan fingerprint density at radius 2 is 2.00 bits per heavy atom. The van der Waals surface area contributed by atoms with Gasteiger partial charge in [-0.1, -0.05) is 13.8 Å². The molecule has 0 bridgehead atoms. The lowest BCUT2D eigenvalue weighted by Crippen LogP contribution is -2.27. The Hall–Kier alpha value is -1.97. The van der Waals surface area contributed by atoms with Crippen molar-refractivity contribution < 1.29 is 8.81 Å². The molecule has 3 nitrogen and oxygen atoms in total. The summed E-state index contributed by atoms with van der Waals surface area (Å²) in [5, 5.41) is 3.24. The first-order valence-electron chi connectivity index (χ1n) is 6.24. The number of halogens is 1. The highest BCUT2D eigenvalue weighted by Crippen LogP contribution is 2.27. The molecule has 0 amide bonds. The molecule has 4 heteroatoms. The van der Waals surface area contributed by atoms with Crippen LogP contribution in [0.15, 0.2) is 34.7 Å². The minimum absolute atomic E-state index is 0.172. The van der Waals surface area contributed by atoms with Crippen molar-refractivity contribution in [3.63, 3.8) is 0 Å². The Labute approximate surface area is 112 Å². The van der Waals surface area contributed by atoms with Gasteiger partial charge in [-0.2, -0.15) is 0 Å². The highest BCUT2D eigenvalue weighted by Gasteiger charge is 2.24. The van der Waals surface area contributed by atoms with Crippen LogP contribution < -0.4 is 11.1 Å². The van der Waals surface area contributed by atoms with Gasteiger partial charge in [0.05, 0.1) is 11.4 Å². The molecule has 19 heavy (non-hydrogen) atoms. The molecule has 2 aromatic rings. The molecule has 0 saturated heterocycles. The fourth-order valence-corrected chi connectivity index (χ4v) is 1.90. The van der Waals surface area contributed by atoms with Crippen molar-refractivity contribution in [2.45, 2.75) is 26.2 Å². The SMILES string of the molecule is Cc1ccc(C(C)(C)CNc2ccc(F)cc2N)o1. The summed E-state index contributed by atoms with van der Waals surface area (Å²) >= 11 is 0. The maximum atomic E-state index is 13.0. The van der Waals surface area contributed by atoms with E-state index < -0.39 is 0 Å². The Morgan fingerprint density at radius 1 is 1.26 bits per heavy atom. The molecule has 0 aliphatic heterocycles. The first-order valence-corrected chi connectivity index (χ1v) is 6.24. The Balaban J connectivity index is 2.09. The molecular formula is C15H19FN2O. The van der Waals surface area contributed by atoms with Crippen LogP contribution in [0.25, 0.3) is 0 Å². The van der Waals surface area contributed by atoms with Crippen molar-refractivity contribution >= 4 is 11.4 Å². The second-order valence-corrected chi connectivity index (χ2v) is 5.38. The lowest BCUT2D eigenvalue weighted by Gasteiger charge is -2.23. The first-order chi connectivity index (χ1) is 8.88. The van der Waals surface area contributed by atoms with Crippen LogP contribution in [-0.2, 0) is 5.41 Å². The third-order valence-electron chi connectivity index (χ3n) is 3.14. The van der Waals surface area contributed by atoms with E-state index in [9.17, 15) is 4.39 Å². The lowest BCUT2D eigenvalue weighted by molar-refractivity contribution is 0.386. The molecular weight excluding hydrogens is 243 g/mol. The van der Waals surface area contributed by atoms with E-state index in [2.05, 4.69) is 19.2 Å². The number of rotatable bonds is 4. The third kappa shape index (κ3) is 3.08. The van der Waals surface area contributed by atoms with E-state index in [0.717, 1.165) is 17.2 Å². The van der Waals surface area contributed by atoms with Crippen LogP contribution in [0, 0.1) is 12.7 Å². The summed E-state index contributed by atoms with van der Waals surface area (Å²) in [7, 11) is 0. The average molecular weight is 262 g/mol. The van der Waals surface area contributed by atoms with Gasteiger partial charge in [-0.05, 0) is 37.3 Å². The molecule has 3 N–H and O–H groups in total. The van der Waals surface area contributed by atoms with Gasteiger partial charge >= 0.3 is 0 Å². The molecule has 1 aromatic carbocycles. The van der Waals surface area contributed by atoms with E-state index >= 15 is 0 Å². The zero-order chi connectivity index (χ0) is 14.0. The number of hydrogen-bond acceptors (Lipinski definition) is 3. The van der Waals surface area contributed by atoms with E-state index in [0.29, 0.717) is 12.2 Å². The number of aryl methyl sites for hydroxylation is 1. The summed E-state index contributed by atoms with van der Waals surface area (Å²) < 4.78 is 18.6. The summed E-state index contributed by atoms with van der Waals surface area (Å²) in [6, 6.07) is 8.28. The van der Waals surface area contributed by atoms with Crippen molar-refractivity contribution in [1.82, 2.24) is 0 Å². The molecule has 0 aliphatic rings. The Kier molecular flexibility index (Phi) is 3.51. The van der Waals surface area contributed by atoms with Gasteiger partial charge in [-0.15, -0.1) is 0 Å². The number of nitrogen functional groups attached to an aromatic ring is 1. The fourth-order valence-electron chi connectivity index (χ4n) is 1.90. The minimum atomic E-state index is -0.330. The molecule has 102 valence electrons. The smallest absolute Gasteiger partial charge is 0.125 e. The summed E-state index contributed by atoms with van der Waals surface area (Å²) in [5.74, 6) is 1.48. The van der Waals surface area contributed by atoms with Crippen molar-refractivity contribution in [2.24, 2.45) is 0 Å².